The number of nitrogens with two attached hydrogens (primary N) is 1. The first-order chi connectivity index (χ1) is 13.3. The molecule has 0 saturated carbocycles. The van der Waals surface area contributed by atoms with E-state index in [0.717, 1.165) is 12.0 Å². The van der Waals surface area contributed by atoms with Crippen LogP contribution in [0.4, 0.5) is 16.3 Å². The molecular formula is C19H27N5O4. The SMILES string of the molecule is CC1C=CC([C@@H](C)NC(=O)Nc2cc(N)c(C(=N)OCC(O)CO)cn2)=CC1. The number of pyridine rings is 1. The Morgan fingerprint density at radius 1 is 1.54 bits per heavy atom. The highest BCUT2D eigenvalue weighted by atomic mass is 16.5. The first-order valence-corrected chi connectivity index (χ1v) is 9.02. The van der Waals surface area contributed by atoms with Crippen LogP contribution >= 0.6 is 0 Å². The molecule has 2 amide bonds. The van der Waals surface area contributed by atoms with Gasteiger partial charge >= 0.3 is 6.03 Å². The zero-order valence-electron chi connectivity index (χ0n) is 16.0. The summed E-state index contributed by atoms with van der Waals surface area (Å²) in [5, 5.41) is 31.3. The van der Waals surface area contributed by atoms with Crippen molar-refractivity contribution in [3.05, 3.63) is 41.6 Å². The number of allylic oxidation sites excluding steroid dienone is 2. The van der Waals surface area contributed by atoms with Gasteiger partial charge in [-0.05, 0) is 24.8 Å². The van der Waals surface area contributed by atoms with Gasteiger partial charge in [-0.1, -0.05) is 25.2 Å². The molecule has 28 heavy (non-hydrogen) atoms. The van der Waals surface area contributed by atoms with Gasteiger partial charge in [0, 0.05) is 18.0 Å². The van der Waals surface area contributed by atoms with Crippen molar-refractivity contribution in [1.82, 2.24) is 10.3 Å². The van der Waals surface area contributed by atoms with E-state index < -0.39 is 18.7 Å². The molecule has 7 N–H and O–H groups in total. The van der Waals surface area contributed by atoms with Gasteiger partial charge in [0.15, 0.2) is 0 Å². The van der Waals surface area contributed by atoms with Crippen LogP contribution in [0, 0.1) is 11.3 Å². The number of rotatable bonds is 7. The molecule has 0 fully saturated rings. The molecule has 1 aromatic rings. The van der Waals surface area contributed by atoms with Crippen molar-refractivity contribution in [3.63, 3.8) is 0 Å². The lowest BCUT2D eigenvalue weighted by Crippen LogP contribution is -2.37. The Morgan fingerprint density at radius 3 is 2.89 bits per heavy atom. The molecule has 3 atom stereocenters. The second kappa shape index (κ2) is 9.86. The number of hydrogen-bond acceptors (Lipinski definition) is 7. The smallest absolute Gasteiger partial charge is 0.320 e. The number of nitrogens with zero attached hydrogens (tertiary/aromatic N) is 1. The second-order valence-corrected chi connectivity index (χ2v) is 6.73. The maximum absolute atomic E-state index is 12.2. The van der Waals surface area contributed by atoms with Crippen molar-refractivity contribution in [2.45, 2.75) is 32.4 Å². The highest BCUT2D eigenvalue weighted by molar-refractivity contribution is 5.97. The Bertz CT molecular complexity index is 778. The van der Waals surface area contributed by atoms with E-state index in [1.807, 2.05) is 13.0 Å². The Kier molecular flexibility index (Phi) is 7.53. The quantitative estimate of drug-likeness (QED) is 0.306. The fraction of sp³-hybridized carbons (Fsp3) is 0.421. The molecule has 152 valence electrons. The third-order valence-corrected chi connectivity index (χ3v) is 4.24. The first-order valence-electron chi connectivity index (χ1n) is 9.02. The number of carbonyl (C=O) groups is 1. The molecule has 1 aliphatic carbocycles. The average molecular weight is 389 g/mol. The number of anilines is 2. The molecular weight excluding hydrogens is 362 g/mol. The van der Waals surface area contributed by atoms with Crippen molar-refractivity contribution >= 4 is 23.4 Å². The minimum Gasteiger partial charge on any atom is -0.475 e. The molecule has 0 aliphatic heterocycles. The highest BCUT2D eigenvalue weighted by Crippen LogP contribution is 2.19. The van der Waals surface area contributed by atoms with Gasteiger partial charge < -0.3 is 26.0 Å². The summed E-state index contributed by atoms with van der Waals surface area (Å²) >= 11 is 0. The van der Waals surface area contributed by atoms with Crippen LogP contribution in [0.25, 0.3) is 0 Å². The van der Waals surface area contributed by atoms with Crippen LogP contribution in [0.2, 0.25) is 0 Å². The zero-order chi connectivity index (χ0) is 20.7. The number of aliphatic hydroxyl groups is 2. The van der Waals surface area contributed by atoms with Gasteiger partial charge in [-0.3, -0.25) is 10.7 Å². The van der Waals surface area contributed by atoms with E-state index in [2.05, 4.69) is 34.7 Å². The molecule has 9 heteroatoms. The summed E-state index contributed by atoms with van der Waals surface area (Å²) in [6.07, 6.45) is 7.41. The third-order valence-electron chi connectivity index (χ3n) is 4.24. The number of nitrogens with one attached hydrogen (secondary N) is 3. The molecule has 2 unspecified atom stereocenters. The van der Waals surface area contributed by atoms with Crippen LogP contribution in [-0.2, 0) is 4.74 Å². The predicted octanol–water partition coefficient (Wildman–Crippen LogP) is 1.39. The Balaban J connectivity index is 1.92. The van der Waals surface area contributed by atoms with Gasteiger partial charge in [-0.2, -0.15) is 0 Å². The lowest BCUT2D eigenvalue weighted by Gasteiger charge is -2.19. The predicted molar refractivity (Wildman–Crippen MR) is 107 cm³/mol. The standard InChI is InChI=1S/C19H27N5O4/c1-11-3-5-13(6-4-11)12(2)23-19(27)24-17-7-16(20)15(8-22-17)18(21)28-10-14(26)9-25/h3,5-8,11-12,14,21,25-26H,4,9-10H2,1-2H3,(H4,20,22,23,24,27)/t11?,12-,14?/m1/s1. The fourth-order valence-electron chi connectivity index (χ4n) is 2.54. The van der Waals surface area contributed by atoms with Gasteiger partial charge in [-0.15, -0.1) is 0 Å². The monoisotopic (exact) mass is 389 g/mol. The molecule has 2 rings (SSSR count). The van der Waals surface area contributed by atoms with E-state index in [0.29, 0.717) is 5.92 Å². The normalized spacial score (nSPS) is 18.0. The van der Waals surface area contributed by atoms with E-state index in [1.165, 1.54) is 12.3 Å². The number of carbonyl (C=O) groups excluding carboxylic acids is 1. The number of amides is 2. The number of nitrogen functional groups attached to an aromatic ring is 1. The number of hydrogen-bond donors (Lipinski definition) is 6. The van der Waals surface area contributed by atoms with Gasteiger partial charge in [0.1, 0.15) is 18.5 Å². The van der Waals surface area contributed by atoms with Gasteiger partial charge in [-0.25, -0.2) is 9.78 Å². The van der Waals surface area contributed by atoms with E-state index in [9.17, 15) is 9.90 Å². The van der Waals surface area contributed by atoms with Crippen LogP contribution in [0.3, 0.4) is 0 Å². The molecule has 0 bridgehead atoms. The van der Waals surface area contributed by atoms with Crippen LogP contribution in [0.5, 0.6) is 0 Å². The van der Waals surface area contributed by atoms with Gasteiger partial charge in [0.25, 0.3) is 0 Å². The third kappa shape index (κ3) is 6.07. The Morgan fingerprint density at radius 2 is 2.29 bits per heavy atom. The number of ether oxygens (including phenoxy) is 1. The number of aromatic nitrogens is 1. The molecule has 1 aliphatic rings. The largest absolute Gasteiger partial charge is 0.475 e. The maximum Gasteiger partial charge on any atom is 0.320 e. The molecule has 9 nitrogen and oxygen atoms in total. The van der Waals surface area contributed by atoms with E-state index in [4.69, 9.17) is 21.0 Å². The fourth-order valence-corrected chi connectivity index (χ4v) is 2.54. The maximum atomic E-state index is 12.2. The van der Waals surface area contributed by atoms with Crippen LogP contribution < -0.4 is 16.4 Å². The van der Waals surface area contributed by atoms with E-state index in [-0.39, 0.29) is 35.6 Å². The van der Waals surface area contributed by atoms with E-state index in [1.54, 1.807) is 0 Å². The summed E-state index contributed by atoms with van der Waals surface area (Å²) in [6, 6.07) is 0.846. The summed E-state index contributed by atoms with van der Waals surface area (Å²) in [6.45, 7) is 3.32. The molecule has 1 heterocycles. The van der Waals surface area contributed by atoms with Gasteiger partial charge in [0.05, 0.1) is 18.2 Å². The lowest BCUT2D eigenvalue weighted by molar-refractivity contribution is 0.0496. The average Bonchev–Trinajstić information content (AvgIpc) is 2.66. The zero-order valence-corrected chi connectivity index (χ0v) is 16.0. The van der Waals surface area contributed by atoms with Crippen molar-refractivity contribution in [3.8, 4) is 0 Å². The molecule has 0 aromatic carbocycles. The minimum absolute atomic E-state index is 0.153. The lowest BCUT2D eigenvalue weighted by atomic mass is 9.95. The molecule has 0 radical (unpaired) electrons. The van der Waals surface area contributed by atoms with Crippen molar-refractivity contribution < 1.29 is 19.7 Å². The second-order valence-electron chi connectivity index (χ2n) is 6.73. The Hall–Kier alpha value is -2.91. The van der Waals surface area contributed by atoms with Crippen molar-refractivity contribution in [1.29, 1.82) is 5.41 Å². The summed E-state index contributed by atoms with van der Waals surface area (Å²) in [4.78, 5) is 16.3. The number of aliphatic hydroxyl groups excluding tert-OH is 2. The number of urea groups is 1. The first kappa shape index (κ1) is 21.4. The summed E-state index contributed by atoms with van der Waals surface area (Å²) in [7, 11) is 0. The highest BCUT2D eigenvalue weighted by Gasteiger charge is 2.15. The topological polar surface area (TPSA) is 154 Å². The van der Waals surface area contributed by atoms with Gasteiger partial charge in [0.2, 0.25) is 5.90 Å². The molecule has 0 spiro atoms. The van der Waals surface area contributed by atoms with E-state index >= 15 is 0 Å². The van der Waals surface area contributed by atoms with Crippen LogP contribution in [0.1, 0.15) is 25.8 Å². The summed E-state index contributed by atoms with van der Waals surface area (Å²) < 4.78 is 5.05. The minimum atomic E-state index is -1.08. The van der Waals surface area contributed by atoms with Crippen molar-refractivity contribution in [2.24, 2.45) is 5.92 Å². The molecule has 0 saturated heterocycles. The summed E-state index contributed by atoms with van der Waals surface area (Å²) in [5.74, 6) is 0.452. The van der Waals surface area contributed by atoms with Crippen LogP contribution in [-0.4, -0.2) is 52.5 Å². The van der Waals surface area contributed by atoms with Crippen LogP contribution in [0.15, 0.2) is 36.1 Å². The Labute approximate surface area is 163 Å². The summed E-state index contributed by atoms with van der Waals surface area (Å²) in [5.41, 5.74) is 7.36. The molecule has 1 aromatic heterocycles. The van der Waals surface area contributed by atoms with Crippen molar-refractivity contribution in [2.75, 3.05) is 24.3 Å².